The molecule has 8 heteroatoms. The molecule has 3 aromatic rings. The number of carbonyl (C=O) groups excluding carboxylic acids is 2. The number of aromatic nitrogens is 1. The predicted molar refractivity (Wildman–Crippen MR) is 107 cm³/mol. The lowest BCUT2D eigenvalue weighted by atomic mass is 10.2. The fourth-order valence-electron chi connectivity index (χ4n) is 2.29. The van der Waals surface area contributed by atoms with Crippen LogP contribution in [0.5, 0.6) is 0 Å². The topological polar surface area (TPSA) is 71.1 Å². The van der Waals surface area contributed by atoms with E-state index in [-0.39, 0.29) is 18.2 Å². The minimum Gasteiger partial charge on any atom is -0.326 e. The minimum atomic E-state index is -0.405. The highest BCUT2D eigenvalue weighted by molar-refractivity contribution is 7.98. The van der Waals surface area contributed by atoms with E-state index in [4.69, 9.17) is 0 Å². The van der Waals surface area contributed by atoms with E-state index in [0.717, 1.165) is 10.6 Å². The lowest BCUT2D eigenvalue weighted by Crippen LogP contribution is -2.15. The second-order valence-electron chi connectivity index (χ2n) is 5.56. The van der Waals surface area contributed by atoms with Crippen LogP contribution < -0.4 is 10.6 Å². The van der Waals surface area contributed by atoms with Crippen molar-refractivity contribution in [2.75, 3.05) is 16.9 Å². The number of nitrogens with one attached hydrogen (secondary N) is 2. The van der Waals surface area contributed by atoms with Gasteiger partial charge < -0.3 is 5.32 Å². The lowest BCUT2D eigenvalue weighted by molar-refractivity contribution is -0.115. The van der Waals surface area contributed by atoms with Gasteiger partial charge >= 0.3 is 0 Å². The number of halogens is 1. The van der Waals surface area contributed by atoms with Gasteiger partial charge in [-0.1, -0.05) is 6.07 Å². The second kappa shape index (κ2) is 8.79. The minimum absolute atomic E-state index is 0.104. The summed E-state index contributed by atoms with van der Waals surface area (Å²) in [5.74, 6) is -0.971. The molecule has 0 spiro atoms. The quantitative estimate of drug-likeness (QED) is 0.599. The van der Waals surface area contributed by atoms with Crippen LogP contribution in [-0.2, 0) is 11.2 Å². The summed E-state index contributed by atoms with van der Waals surface area (Å²) in [5.41, 5.74) is 1.62. The number of carbonyl (C=O) groups is 2. The van der Waals surface area contributed by atoms with Crippen molar-refractivity contribution >= 4 is 45.7 Å². The summed E-state index contributed by atoms with van der Waals surface area (Å²) in [5, 5.41) is 7.59. The third kappa shape index (κ3) is 5.38. The van der Waals surface area contributed by atoms with Gasteiger partial charge in [-0.05, 0) is 48.7 Å². The van der Waals surface area contributed by atoms with Crippen LogP contribution in [0, 0.1) is 5.82 Å². The van der Waals surface area contributed by atoms with Crippen LogP contribution >= 0.6 is 23.1 Å². The molecular formula is C19H16FN3O2S2. The van der Waals surface area contributed by atoms with E-state index in [0.29, 0.717) is 16.4 Å². The van der Waals surface area contributed by atoms with E-state index in [1.54, 1.807) is 17.1 Å². The van der Waals surface area contributed by atoms with Gasteiger partial charge in [0.05, 0.1) is 12.1 Å². The van der Waals surface area contributed by atoms with Crippen molar-refractivity contribution < 1.29 is 14.0 Å². The fraction of sp³-hybridized carbons (Fsp3) is 0.105. The molecule has 1 heterocycles. The Morgan fingerprint density at radius 1 is 1.15 bits per heavy atom. The predicted octanol–water partition coefficient (Wildman–Crippen LogP) is 4.44. The van der Waals surface area contributed by atoms with E-state index in [1.807, 2.05) is 30.5 Å². The number of hydrogen-bond acceptors (Lipinski definition) is 5. The van der Waals surface area contributed by atoms with Crippen LogP contribution in [0.25, 0.3) is 0 Å². The Kier molecular flexibility index (Phi) is 6.20. The zero-order valence-corrected chi connectivity index (χ0v) is 16.0. The van der Waals surface area contributed by atoms with Crippen molar-refractivity contribution in [2.45, 2.75) is 11.3 Å². The average Bonchev–Trinajstić information content (AvgIpc) is 3.08. The van der Waals surface area contributed by atoms with Crippen molar-refractivity contribution in [2.24, 2.45) is 0 Å². The number of amides is 2. The van der Waals surface area contributed by atoms with E-state index in [9.17, 15) is 14.0 Å². The van der Waals surface area contributed by atoms with Gasteiger partial charge in [-0.3, -0.25) is 14.9 Å². The molecule has 3 rings (SSSR count). The Bertz CT molecular complexity index is 958. The number of thioether (sulfide) groups is 1. The summed E-state index contributed by atoms with van der Waals surface area (Å²) >= 11 is 2.83. The van der Waals surface area contributed by atoms with Gasteiger partial charge in [-0.15, -0.1) is 23.1 Å². The molecule has 2 amide bonds. The number of benzene rings is 2. The van der Waals surface area contributed by atoms with E-state index >= 15 is 0 Å². The standard InChI is InChI=1S/C19H16FN3O2S2/c1-26-16-4-2-3-14(9-16)21-17(24)10-15-11-27-19(22-15)23-18(25)12-5-7-13(20)8-6-12/h2-9,11H,10H2,1H3,(H,21,24)(H,22,23,25). The molecule has 0 bridgehead atoms. The van der Waals surface area contributed by atoms with E-state index in [1.165, 1.54) is 35.6 Å². The molecule has 0 saturated heterocycles. The molecule has 1 aromatic heterocycles. The molecule has 0 fully saturated rings. The van der Waals surface area contributed by atoms with Crippen molar-refractivity contribution in [3.05, 3.63) is 71.0 Å². The average molecular weight is 401 g/mol. The van der Waals surface area contributed by atoms with Gasteiger partial charge in [-0.2, -0.15) is 0 Å². The molecule has 0 radical (unpaired) electrons. The molecule has 0 aliphatic carbocycles. The highest BCUT2D eigenvalue weighted by Crippen LogP contribution is 2.20. The monoisotopic (exact) mass is 401 g/mol. The van der Waals surface area contributed by atoms with Crippen molar-refractivity contribution in [1.29, 1.82) is 0 Å². The highest BCUT2D eigenvalue weighted by atomic mass is 32.2. The summed E-state index contributed by atoms with van der Waals surface area (Å²) in [6.45, 7) is 0. The normalized spacial score (nSPS) is 10.4. The number of thiazole rings is 1. The van der Waals surface area contributed by atoms with E-state index in [2.05, 4.69) is 15.6 Å². The number of hydrogen-bond donors (Lipinski definition) is 2. The number of rotatable bonds is 6. The van der Waals surface area contributed by atoms with Gasteiger partial charge in [0.1, 0.15) is 5.82 Å². The Hall–Kier alpha value is -2.71. The maximum atomic E-state index is 12.9. The molecule has 0 aliphatic heterocycles. The van der Waals surface area contributed by atoms with Crippen LogP contribution in [0.4, 0.5) is 15.2 Å². The first-order valence-electron chi connectivity index (χ1n) is 7.99. The Balaban J connectivity index is 1.57. The Morgan fingerprint density at radius 2 is 1.93 bits per heavy atom. The number of anilines is 2. The summed E-state index contributed by atoms with van der Waals surface area (Å²) in [6.07, 6.45) is 2.07. The van der Waals surface area contributed by atoms with Crippen molar-refractivity contribution in [3.8, 4) is 0 Å². The van der Waals surface area contributed by atoms with Gasteiger partial charge in [0, 0.05) is 21.5 Å². The molecule has 0 atom stereocenters. The molecule has 0 aliphatic rings. The smallest absolute Gasteiger partial charge is 0.257 e. The third-order valence-corrected chi connectivity index (χ3v) is 5.11. The molecule has 27 heavy (non-hydrogen) atoms. The largest absolute Gasteiger partial charge is 0.326 e. The first-order chi connectivity index (χ1) is 13.0. The highest BCUT2D eigenvalue weighted by Gasteiger charge is 2.12. The summed E-state index contributed by atoms with van der Waals surface area (Å²) in [7, 11) is 0. The van der Waals surface area contributed by atoms with E-state index < -0.39 is 5.82 Å². The Morgan fingerprint density at radius 3 is 2.67 bits per heavy atom. The van der Waals surface area contributed by atoms with Crippen LogP contribution in [0.3, 0.4) is 0 Å². The van der Waals surface area contributed by atoms with Crippen LogP contribution in [0.1, 0.15) is 16.1 Å². The second-order valence-corrected chi connectivity index (χ2v) is 7.30. The summed E-state index contributed by atoms with van der Waals surface area (Å²) in [4.78, 5) is 29.6. The molecule has 0 unspecified atom stereocenters. The summed E-state index contributed by atoms with van der Waals surface area (Å²) in [6, 6.07) is 12.8. The molecule has 138 valence electrons. The zero-order valence-electron chi connectivity index (χ0n) is 14.4. The molecular weight excluding hydrogens is 385 g/mol. The molecule has 0 saturated carbocycles. The maximum absolute atomic E-state index is 12.9. The van der Waals surface area contributed by atoms with Crippen molar-refractivity contribution in [1.82, 2.24) is 4.98 Å². The molecule has 2 N–H and O–H groups in total. The third-order valence-electron chi connectivity index (χ3n) is 3.57. The fourth-order valence-corrected chi connectivity index (χ4v) is 3.45. The van der Waals surface area contributed by atoms with Gasteiger partial charge in [0.2, 0.25) is 5.91 Å². The Labute approximate surface area is 164 Å². The van der Waals surface area contributed by atoms with Gasteiger partial charge in [0.25, 0.3) is 5.91 Å². The van der Waals surface area contributed by atoms with Gasteiger partial charge in [0.15, 0.2) is 5.13 Å². The zero-order chi connectivity index (χ0) is 19.2. The lowest BCUT2D eigenvalue weighted by Gasteiger charge is -2.05. The van der Waals surface area contributed by atoms with Crippen molar-refractivity contribution in [3.63, 3.8) is 0 Å². The SMILES string of the molecule is CSc1cccc(NC(=O)Cc2csc(NC(=O)c3ccc(F)cc3)n2)c1. The molecule has 5 nitrogen and oxygen atoms in total. The molecule has 2 aromatic carbocycles. The van der Waals surface area contributed by atoms with Crippen LogP contribution in [0.15, 0.2) is 58.8 Å². The first kappa shape index (κ1) is 19.1. The van der Waals surface area contributed by atoms with Crippen LogP contribution in [-0.4, -0.2) is 23.1 Å². The van der Waals surface area contributed by atoms with Crippen LogP contribution in [0.2, 0.25) is 0 Å². The first-order valence-corrected chi connectivity index (χ1v) is 10.1. The van der Waals surface area contributed by atoms with Gasteiger partial charge in [-0.25, -0.2) is 9.37 Å². The maximum Gasteiger partial charge on any atom is 0.257 e. The number of nitrogens with zero attached hydrogens (tertiary/aromatic N) is 1. The summed E-state index contributed by atoms with van der Waals surface area (Å²) < 4.78 is 12.9.